The molecule has 1 saturated heterocycles. The maximum atomic E-state index is 13.9. The van der Waals surface area contributed by atoms with Gasteiger partial charge in [-0.2, -0.15) is 13.2 Å². The second-order valence-electron chi connectivity index (χ2n) is 7.03. The standard InChI is InChI=1S/C19H16F5N3O/c20-11-3-6-16(15(21)7-11)27-8-13-14(9-27)17(13)26-18(28)25-12-4-1-10(2-5-12)19(22,23)24/h1-7,13-14,17H,8-9H2,(H2,25,26,28)/t13-,14+,17?. The Labute approximate surface area is 157 Å². The molecule has 3 atom stereocenters. The zero-order valence-corrected chi connectivity index (χ0v) is 14.4. The zero-order valence-electron chi connectivity index (χ0n) is 14.4. The van der Waals surface area contributed by atoms with Gasteiger partial charge in [0.1, 0.15) is 11.6 Å². The van der Waals surface area contributed by atoms with Gasteiger partial charge in [-0.25, -0.2) is 13.6 Å². The second-order valence-corrected chi connectivity index (χ2v) is 7.03. The number of hydrogen-bond acceptors (Lipinski definition) is 2. The lowest BCUT2D eigenvalue weighted by atomic mass is 10.2. The number of amides is 2. The van der Waals surface area contributed by atoms with E-state index in [0.29, 0.717) is 18.8 Å². The number of hydrogen-bond donors (Lipinski definition) is 2. The first kappa shape index (κ1) is 18.5. The summed E-state index contributed by atoms with van der Waals surface area (Å²) in [4.78, 5) is 13.9. The number of piperidine rings is 1. The van der Waals surface area contributed by atoms with Crippen molar-refractivity contribution in [2.75, 3.05) is 23.3 Å². The van der Waals surface area contributed by atoms with Crippen molar-refractivity contribution in [2.45, 2.75) is 12.2 Å². The van der Waals surface area contributed by atoms with Crippen molar-refractivity contribution in [3.8, 4) is 0 Å². The number of rotatable bonds is 3. The van der Waals surface area contributed by atoms with Crippen molar-refractivity contribution >= 4 is 17.4 Å². The highest BCUT2D eigenvalue weighted by Crippen LogP contribution is 2.47. The molecule has 2 aromatic carbocycles. The smallest absolute Gasteiger partial charge is 0.368 e. The second kappa shape index (κ2) is 6.65. The third-order valence-corrected chi connectivity index (χ3v) is 5.21. The Hall–Kier alpha value is -2.84. The quantitative estimate of drug-likeness (QED) is 0.761. The van der Waals surface area contributed by atoms with E-state index in [4.69, 9.17) is 0 Å². The Bertz CT molecular complexity index is 887. The average Bonchev–Trinajstić information content (AvgIpc) is 3.05. The fourth-order valence-corrected chi connectivity index (χ4v) is 3.74. The normalized spacial score (nSPS) is 23.3. The van der Waals surface area contributed by atoms with Crippen LogP contribution in [0.2, 0.25) is 0 Å². The van der Waals surface area contributed by atoms with E-state index in [-0.39, 0.29) is 23.6 Å². The Morgan fingerprint density at radius 2 is 1.64 bits per heavy atom. The third-order valence-electron chi connectivity index (χ3n) is 5.21. The lowest BCUT2D eigenvalue weighted by molar-refractivity contribution is -0.137. The van der Waals surface area contributed by atoms with Crippen LogP contribution < -0.4 is 15.5 Å². The highest BCUT2D eigenvalue weighted by atomic mass is 19.4. The maximum absolute atomic E-state index is 13.9. The summed E-state index contributed by atoms with van der Waals surface area (Å²) in [6.07, 6.45) is -4.43. The van der Waals surface area contributed by atoms with Crippen LogP contribution in [0.5, 0.6) is 0 Å². The largest absolute Gasteiger partial charge is 0.416 e. The Kier molecular flexibility index (Phi) is 4.40. The van der Waals surface area contributed by atoms with Crippen LogP contribution in [0.4, 0.5) is 38.1 Å². The molecule has 0 radical (unpaired) electrons. The Morgan fingerprint density at radius 1 is 1.00 bits per heavy atom. The van der Waals surface area contributed by atoms with E-state index in [9.17, 15) is 26.7 Å². The van der Waals surface area contributed by atoms with E-state index in [1.54, 1.807) is 0 Å². The summed E-state index contributed by atoms with van der Waals surface area (Å²) in [5.41, 5.74) is -0.198. The minimum absolute atomic E-state index is 0.0748. The molecular formula is C19H16F5N3O. The van der Waals surface area contributed by atoms with Gasteiger partial charge in [0, 0.05) is 42.7 Å². The minimum atomic E-state index is -4.43. The number of anilines is 2. The summed E-state index contributed by atoms with van der Waals surface area (Å²) >= 11 is 0. The lowest BCUT2D eigenvalue weighted by Gasteiger charge is -2.23. The first-order chi connectivity index (χ1) is 13.2. The number of urea groups is 1. The molecule has 0 bridgehead atoms. The monoisotopic (exact) mass is 397 g/mol. The van der Waals surface area contributed by atoms with Gasteiger partial charge in [0.2, 0.25) is 0 Å². The molecule has 2 amide bonds. The van der Waals surface area contributed by atoms with Crippen molar-refractivity contribution in [3.05, 3.63) is 59.7 Å². The van der Waals surface area contributed by atoms with Crippen LogP contribution in [0.3, 0.4) is 0 Å². The first-order valence-electron chi connectivity index (χ1n) is 8.67. The molecule has 4 nitrogen and oxygen atoms in total. The fourth-order valence-electron chi connectivity index (χ4n) is 3.74. The molecule has 0 spiro atoms. The van der Waals surface area contributed by atoms with Crippen LogP contribution in [0.1, 0.15) is 5.56 Å². The van der Waals surface area contributed by atoms with Crippen LogP contribution in [0.25, 0.3) is 0 Å². The van der Waals surface area contributed by atoms with Gasteiger partial charge in [-0.05, 0) is 36.4 Å². The molecule has 0 aromatic heterocycles. The lowest BCUT2D eigenvalue weighted by Crippen LogP contribution is -2.37. The number of carbonyl (C=O) groups is 1. The molecule has 9 heteroatoms. The summed E-state index contributed by atoms with van der Waals surface area (Å²) in [7, 11) is 0. The first-order valence-corrected chi connectivity index (χ1v) is 8.67. The van der Waals surface area contributed by atoms with Crippen molar-refractivity contribution in [3.63, 3.8) is 0 Å². The molecule has 148 valence electrons. The molecule has 1 unspecified atom stereocenters. The minimum Gasteiger partial charge on any atom is -0.368 e. The molecule has 2 N–H and O–H groups in total. The van der Waals surface area contributed by atoms with E-state index in [1.165, 1.54) is 24.3 Å². The maximum Gasteiger partial charge on any atom is 0.416 e. The Balaban J connectivity index is 1.29. The highest BCUT2D eigenvalue weighted by molar-refractivity contribution is 5.89. The topological polar surface area (TPSA) is 44.4 Å². The van der Waals surface area contributed by atoms with E-state index in [2.05, 4.69) is 10.6 Å². The molecular weight excluding hydrogens is 381 g/mol. The summed E-state index contributed by atoms with van der Waals surface area (Å²) in [5.74, 6) is -0.943. The van der Waals surface area contributed by atoms with Gasteiger partial charge in [0.15, 0.2) is 0 Å². The number of fused-ring (bicyclic) bond motifs is 1. The molecule has 1 aliphatic heterocycles. The average molecular weight is 397 g/mol. The summed E-state index contributed by atoms with van der Waals surface area (Å²) < 4.78 is 64.5. The molecule has 4 rings (SSSR count). The van der Waals surface area contributed by atoms with Crippen molar-refractivity contribution in [2.24, 2.45) is 11.8 Å². The van der Waals surface area contributed by atoms with E-state index < -0.39 is 29.4 Å². The molecule has 1 saturated carbocycles. The number of carbonyl (C=O) groups excluding carboxylic acids is 1. The van der Waals surface area contributed by atoms with Crippen LogP contribution in [-0.2, 0) is 6.18 Å². The number of alkyl halides is 3. The van der Waals surface area contributed by atoms with Gasteiger partial charge in [-0.15, -0.1) is 0 Å². The van der Waals surface area contributed by atoms with Gasteiger partial charge in [0.25, 0.3) is 0 Å². The van der Waals surface area contributed by atoms with Crippen LogP contribution in [0, 0.1) is 23.5 Å². The fraction of sp³-hybridized carbons (Fsp3) is 0.316. The number of nitrogens with one attached hydrogen (secondary N) is 2. The third kappa shape index (κ3) is 3.61. The van der Waals surface area contributed by atoms with Gasteiger partial charge in [-0.3, -0.25) is 0 Å². The Morgan fingerprint density at radius 3 is 2.21 bits per heavy atom. The van der Waals surface area contributed by atoms with Crippen molar-refractivity contribution in [1.29, 1.82) is 0 Å². The van der Waals surface area contributed by atoms with Gasteiger partial charge in [-0.1, -0.05) is 0 Å². The number of benzene rings is 2. The predicted molar refractivity (Wildman–Crippen MR) is 92.9 cm³/mol. The molecule has 28 heavy (non-hydrogen) atoms. The summed E-state index contributed by atoms with van der Waals surface area (Å²) in [6, 6.07) is 7.04. The predicted octanol–water partition coefficient (Wildman–Crippen LogP) is 4.24. The molecule has 2 aromatic rings. The van der Waals surface area contributed by atoms with Crippen molar-refractivity contribution < 1.29 is 26.7 Å². The SMILES string of the molecule is O=C(Nc1ccc(C(F)(F)F)cc1)NC1[C@H]2CN(c3ccc(F)cc3F)C[C@@H]12. The van der Waals surface area contributed by atoms with E-state index >= 15 is 0 Å². The van der Waals surface area contributed by atoms with Crippen molar-refractivity contribution in [1.82, 2.24) is 5.32 Å². The molecule has 1 aliphatic carbocycles. The number of halogens is 5. The summed E-state index contributed by atoms with van der Waals surface area (Å²) in [5, 5.41) is 5.30. The van der Waals surface area contributed by atoms with Crippen LogP contribution in [-0.4, -0.2) is 25.2 Å². The van der Waals surface area contributed by atoms with E-state index in [0.717, 1.165) is 18.2 Å². The van der Waals surface area contributed by atoms with Gasteiger partial charge in [0.05, 0.1) is 11.3 Å². The molecule has 2 aliphatic rings. The van der Waals surface area contributed by atoms with Crippen LogP contribution in [0.15, 0.2) is 42.5 Å². The molecule has 2 fully saturated rings. The number of nitrogens with zero attached hydrogens (tertiary/aromatic N) is 1. The van der Waals surface area contributed by atoms with Gasteiger partial charge < -0.3 is 15.5 Å². The van der Waals surface area contributed by atoms with E-state index in [1.807, 2.05) is 4.90 Å². The highest BCUT2D eigenvalue weighted by Gasteiger charge is 2.56. The van der Waals surface area contributed by atoms with Crippen LogP contribution >= 0.6 is 0 Å². The molecule has 1 heterocycles. The zero-order chi connectivity index (χ0) is 20.1. The summed E-state index contributed by atoms with van der Waals surface area (Å²) in [6.45, 7) is 1.08. The van der Waals surface area contributed by atoms with Gasteiger partial charge >= 0.3 is 12.2 Å².